The van der Waals surface area contributed by atoms with Crippen LogP contribution in [0.25, 0.3) is 11.3 Å². The fourth-order valence-corrected chi connectivity index (χ4v) is 4.97. The van der Waals surface area contributed by atoms with E-state index >= 15 is 0 Å². The van der Waals surface area contributed by atoms with Crippen LogP contribution in [0.2, 0.25) is 10.0 Å². The molecule has 28 heavy (non-hydrogen) atoms. The molecule has 1 atom stereocenters. The van der Waals surface area contributed by atoms with Crippen LogP contribution in [0.1, 0.15) is 28.3 Å². The molecule has 0 saturated carbocycles. The van der Waals surface area contributed by atoms with Crippen LogP contribution in [0.5, 0.6) is 0 Å². The summed E-state index contributed by atoms with van der Waals surface area (Å²) in [5.41, 5.74) is 1.92. The summed E-state index contributed by atoms with van der Waals surface area (Å²) in [5, 5.41) is 6.23. The van der Waals surface area contributed by atoms with Crippen LogP contribution in [0.15, 0.2) is 29.0 Å². The van der Waals surface area contributed by atoms with Crippen molar-refractivity contribution in [3.63, 3.8) is 0 Å². The molecule has 1 saturated heterocycles. The van der Waals surface area contributed by atoms with Crippen molar-refractivity contribution in [3.8, 4) is 11.3 Å². The van der Waals surface area contributed by atoms with Crippen LogP contribution in [-0.4, -0.2) is 35.1 Å². The Morgan fingerprint density at radius 1 is 1.29 bits per heavy atom. The highest BCUT2D eigenvalue weighted by atomic mass is 35.5. The van der Waals surface area contributed by atoms with Gasteiger partial charge in [0.05, 0.1) is 28.4 Å². The van der Waals surface area contributed by atoms with E-state index in [-0.39, 0.29) is 12.0 Å². The van der Waals surface area contributed by atoms with E-state index in [0.29, 0.717) is 33.1 Å². The SMILES string of the molecule is Cc1nc(C(=O)N(CC2CCCO2)c2nc(-c3ccc(Cl)cc3Cl)cs2)cs1. The van der Waals surface area contributed by atoms with Crippen LogP contribution in [0.3, 0.4) is 0 Å². The summed E-state index contributed by atoms with van der Waals surface area (Å²) in [7, 11) is 0. The number of hydrogen-bond acceptors (Lipinski definition) is 6. The van der Waals surface area contributed by atoms with Crippen molar-refractivity contribution in [2.45, 2.75) is 25.9 Å². The molecule has 1 unspecified atom stereocenters. The molecule has 2 aromatic heterocycles. The lowest BCUT2D eigenvalue weighted by atomic mass is 10.2. The van der Waals surface area contributed by atoms with Crippen molar-refractivity contribution in [1.29, 1.82) is 0 Å². The summed E-state index contributed by atoms with van der Waals surface area (Å²) in [5.74, 6) is -0.164. The molecule has 1 aromatic carbocycles. The molecular weight excluding hydrogens is 437 g/mol. The number of nitrogens with zero attached hydrogens (tertiary/aromatic N) is 3. The number of hydrogen-bond donors (Lipinski definition) is 0. The molecule has 0 N–H and O–H groups in total. The van der Waals surface area contributed by atoms with Crippen LogP contribution in [-0.2, 0) is 4.74 Å². The minimum Gasteiger partial charge on any atom is -0.376 e. The summed E-state index contributed by atoms with van der Waals surface area (Å²) >= 11 is 15.2. The first kappa shape index (κ1) is 19.8. The number of rotatable bonds is 5. The molecule has 1 fully saturated rings. The summed E-state index contributed by atoms with van der Waals surface area (Å²) in [6, 6.07) is 5.29. The van der Waals surface area contributed by atoms with Gasteiger partial charge < -0.3 is 4.74 Å². The Bertz CT molecular complexity index is 999. The third-order valence-corrected chi connectivity index (χ3v) is 6.61. The molecule has 0 spiro atoms. The maximum Gasteiger partial charge on any atom is 0.279 e. The van der Waals surface area contributed by atoms with Gasteiger partial charge >= 0.3 is 0 Å². The van der Waals surface area contributed by atoms with Crippen LogP contribution in [0.4, 0.5) is 5.13 Å². The molecule has 0 bridgehead atoms. The Morgan fingerprint density at radius 2 is 2.14 bits per heavy atom. The van der Waals surface area contributed by atoms with Crippen molar-refractivity contribution in [1.82, 2.24) is 9.97 Å². The van der Waals surface area contributed by atoms with E-state index in [2.05, 4.69) is 9.97 Å². The van der Waals surface area contributed by atoms with E-state index in [0.717, 1.165) is 30.0 Å². The summed E-state index contributed by atoms with van der Waals surface area (Å²) in [6.45, 7) is 3.07. The number of amides is 1. The van der Waals surface area contributed by atoms with Crippen LogP contribution < -0.4 is 4.90 Å². The smallest absolute Gasteiger partial charge is 0.279 e. The van der Waals surface area contributed by atoms with E-state index in [4.69, 9.17) is 27.9 Å². The molecule has 4 rings (SSSR count). The predicted octanol–water partition coefficient (Wildman–Crippen LogP) is 5.71. The van der Waals surface area contributed by atoms with Gasteiger partial charge in [0.25, 0.3) is 5.91 Å². The first-order valence-corrected chi connectivity index (χ1v) is 11.3. The summed E-state index contributed by atoms with van der Waals surface area (Å²) in [6.07, 6.45) is 1.95. The first-order valence-electron chi connectivity index (χ1n) is 8.78. The number of halogens is 2. The molecule has 9 heteroatoms. The van der Waals surface area contributed by atoms with Gasteiger partial charge in [-0.25, -0.2) is 9.97 Å². The average Bonchev–Trinajstić information content (AvgIpc) is 3.41. The maximum absolute atomic E-state index is 13.1. The van der Waals surface area contributed by atoms with Crippen molar-refractivity contribution in [2.75, 3.05) is 18.1 Å². The van der Waals surface area contributed by atoms with Crippen molar-refractivity contribution in [2.24, 2.45) is 0 Å². The quantitative estimate of drug-likeness (QED) is 0.496. The summed E-state index contributed by atoms with van der Waals surface area (Å²) in [4.78, 5) is 23.8. The Kier molecular flexibility index (Phi) is 5.99. The number of ether oxygens (including phenoxy) is 1. The van der Waals surface area contributed by atoms with Crippen molar-refractivity contribution in [3.05, 3.63) is 49.7 Å². The fraction of sp³-hybridized carbons (Fsp3) is 0.316. The van der Waals surface area contributed by atoms with Crippen molar-refractivity contribution >= 4 is 56.9 Å². The molecule has 1 aliphatic heterocycles. The molecule has 0 radical (unpaired) electrons. The average molecular weight is 454 g/mol. The van der Waals surface area contributed by atoms with Gasteiger partial charge in [-0.05, 0) is 38.0 Å². The van der Waals surface area contributed by atoms with E-state index in [9.17, 15) is 4.79 Å². The van der Waals surface area contributed by atoms with Crippen LogP contribution in [0, 0.1) is 6.92 Å². The zero-order chi connectivity index (χ0) is 19.7. The zero-order valence-corrected chi connectivity index (χ0v) is 18.2. The Balaban J connectivity index is 1.66. The molecular formula is C19H17Cl2N3O2S2. The van der Waals surface area contributed by atoms with E-state index in [1.54, 1.807) is 22.4 Å². The van der Waals surface area contributed by atoms with Gasteiger partial charge in [-0.1, -0.05) is 23.2 Å². The van der Waals surface area contributed by atoms with E-state index in [1.807, 2.05) is 18.4 Å². The maximum atomic E-state index is 13.1. The monoisotopic (exact) mass is 453 g/mol. The second kappa shape index (κ2) is 8.47. The largest absolute Gasteiger partial charge is 0.376 e. The van der Waals surface area contributed by atoms with Gasteiger partial charge in [-0.3, -0.25) is 9.69 Å². The molecule has 5 nitrogen and oxygen atoms in total. The first-order chi connectivity index (χ1) is 13.5. The third kappa shape index (κ3) is 4.23. The lowest BCUT2D eigenvalue weighted by Gasteiger charge is -2.22. The highest BCUT2D eigenvalue weighted by Gasteiger charge is 2.28. The topological polar surface area (TPSA) is 55.3 Å². The van der Waals surface area contributed by atoms with E-state index < -0.39 is 0 Å². The Labute approximate surface area is 180 Å². The molecule has 1 amide bonds. The normalized spacial score (nSPS) is 16.5. The van der Waals surface area contributed by atoms with Gasteiger partial charge in [0.15, 0.2) is 5.13 Å². The van der Waals surface area contributed by atoms with Gasteiger partial charge in [0.2, 0.25) is 0 Å². The number of anilines is 1. The Morgan fingerprint density at radius 3 is 2.82 bits per heavy atom. The fourth-order valence-electron chi connectivity index (χ4n) is 3.05. The lowest BCUT2D eigenvalue weighted by Crippen LogP contribution is -2.37. The molecule has 146 valence electrons. The number of carbonyl (C=O) groups excluding carboxylic acids is 1. The third-order valence-electron chi connectivity index (χ3n) is 4.42. The number of aromatic nitrogens is 2. The van der Waals surface area contributed by atoms with Gasteiger partial charge in [-0.2, -0.15) is 0 Å². The molecule has 3 heterocycles. The molecule has 1 aliphatic rings. The van der Waals surface area contributed by atoms with Crippen LogP contribution >= 0.6 is 45.9 Å². The highest BCUT2D eigenvalue weighted by molar-refractivity contribution is 7.14. The standard InChI is InChI=1S/C19H17Cl2N3O2S2/c1-11-22-17(10-27-11)18(25)24(8-13-3-2-6-26-13)19-23-16(9-28-19)14-5-4-12(20)7-15(14)21/h4-5,7,9-10,13H,2-3,6,8H2,1H3. The van der Waals surface area contributed by atoms with Gasteiger partial charge in [0.1, 0.15) is 5.69 Å². The van der Waals surface area contributed by atoms with Crippen molar-refractivity contribution < 1.29 is 9.53 Å². The van der Waals surface area contributed by atoms with Gasteiger partial charge in [0, 0.05) is 28.0 Å². The second-order valence-electron chi connectivity index (χ2n) is 6.44. The van der Waals surface area contributed by atoms with Gasteiger partial charge in [-0.15, -0.1) is 22.7 Å². The molecule has 0 aliphatic carbocycles. The number of benzene rings is 1. The minimum atomic E-state index is -0.164. The number of aryl methyl sites for hydroxylation is 1. The second-order valence-corrected chi connectivity index (χ2v) is 9.18. The number of thiazole rings is 2. The zero-order valence-electron chi connectivity index (χ0n) is 15.0. The van der Waals surface area contributed by atoms with E-state index in [1.165, 1.54) is 22.7 Å². The minimum absolute atomic E-state index is 0.00940. The highest BCUT2D eigenvalue weighted by Crippen LogP contribution is 2.34. The number of carbonyl (C=O) groups is 1. The molecule has 3 aromatic rings. The lowest BCUT2D eigenvalue weighted by molar-refractivity contribution is 0.0914. The predicted molar refractivity (Wildman–Crippen MR) is 115 cm³/mol. The Hall–Kier alpha value is -1.51. The summed E-state index contributed by atoms with van der Waals surface area (Å²) < 4.78 is 5.75.